The molecule has 1 saturated heterocycles. The molecule has 0 radical (unpaired) electrons. The monoisotopic (exact) mass is 156 g/mol. The molecule has 0 aromatic heterocycles. The predicted octanol–water partition coefficient (Wildman–Crippen LogP) is 0.727. The first kappa shape index (κ1) is 7.10. The summed E-state index contributed by atoms with van der Waals surface area (Å²) in [5.41, 5.74) is 0. The second-order valence-corrected chi connectivity index (χ2v) is 3.11. The van der Waals surface area contributed by atoms with Gasteiger partial charge in [-0.3, -0.25) is 0 Å². The topological polar surface area (TPSA) is 38.8 Å². The lowest BCUT2D eigenvalue weighted by Gasteiger charge is -1.95. The van der Waals surface area contributed by atoms with Gasteiger partial charge in [-0.1, -0.05) is 0 Å². The van der Waals surface area contributed by atoms with Gasteiger partial charge in [-0.05, 0) is 25.7 Å². The molecule has 0 aromatic carbocycles. The number of epoxide rings is 1. The van der Waals surface area contributed by atoms with Crippen LogP contribution in [0.25, 0.3) is 0 Å². The molecule has 1 aliphatic carbocycles. The standard InChI is InChI=1S/C8H12O3/c1-2-10-8(9)7-6(11-7)5-3-4-5/h5-7H,2-4H2,1H3. The van der Waals surface area contributed by atoms with Crippen molar-refractivity contribution in [3.63, 3.8) is 0 Å². The largest absolute Gasteiger partial charge is 0.464 e. The maximum Gasteiger partial charge on any atom is 0.338 e. The molecule has 0 aromatic rings. The first-order chi connectivity index (χ1) is 5.33. The Hall–Kier alpha value is -0.570. The number of hydrogen-bond acceptors (Lipinski definition) is 3. The van der Waals surface area contributed by atoms with E-state index in [1.165, 1.54) is 12.8 Å². The highest BCUT2D eigenvalue weighted by atomic mass is 16.6. The zero-order chi connectivity index (χ0) is 7.84. The summed E-state index contributed by atoms with van der Waals surface area (Å²) in [6, 6.07) is 0. The fourth-order valence-electron chi connectivity index (χ4n) is 1.32. The zero-order valence-electron chi connectivity index (χ0n) is 6.58. The number of rotatable bonds is 3. The van der Waals surface area contributed by atoms with E-state index in [1.54, 1.807) is 0 Å². The van der Waals surface area contributed by atoms with Crippen molar-refractivity contribution in [3.05, 3.63) is 0 Å². The van der Waals surface area contributed by atoms with Crippen LogP contribution in [-0.4, -0.2) is 24.8 Å². The van der Waals surface area contributed by atoms with Gasteiger partial charge in [0.2, 0.25) is 0 Å². The summed E-state index contributed by atoms with van der Waals surface area (Å²) >= 11 is 0. The van der Waals surface area contributed by atoms with Crippen LogP contribution in [-0.2, 0) is 14.3 Å². The third-order valence-electron chi connectivity index (χ3n) is 2.13. The maximum atomic E-state index is 11.0. The number of carbonyl (C=O) groups excluding carboxylic acids is 1. The van der Waals surface area contributed by atoms with E-state index in [2.05, 4.69) is 0 Å². The van der Waals surface area contributed by atoms with Crippen molar-refractivity contribution < 1.29 is 14.3 Å². The molecule has 11 heavy (non-hydrogen) atoms. The van der Waals surface area contributed by atoms with Crippen LogP contribution < -0.4 is 0 Å². The number of ether oxygens (including phenoxy) is 2. The van der Waals surface area contributed by atoms with Crippen LogP contribution in [0.5, 0.6) is 0 Å². The Bertz CT molecular complexity index is 174. The summed E-state index contributed by atoms with van der Waals surface area (Å²) < 4.78 is 9.99. The Morgan fingerprint density at radius 2 is 2.36 bits per heavy atom. The van der Waals surface area contributed by atoms with E-state index < -0.39 is 0 Å². The summed E-state index contributed by atoms with van der Waals surface area (Å²) in [5, 5.41) is 0. The molecule has 3 nitrogen and oxygen atoms in total. The van der Waals surface area contributed by atoms with E-state index in [-0.39, 0.29) is 18.2 Å². The van der Waals surface area contributed by atoms with Crippen molar-refractivity contribution in [2.45, 2.75) is 32.0 Å². The molecule has 2 unspecified atom stereocenters. The minimum atomic E-state index is -0.220. The highest BCUT2D eigenvalue weighted by Gasteiger charge is 2.54. The average molecular weight is 156 g/mol. The quantitative estimate of drug-likeness (QED) is 0.446. The molecule has 2 rings (SSSR count). The SMILES string of the molecule is CCOC(=O)C1OC1C1CC1. The first-order valence-corrected chi connectivity index (χ1v) is 4.15. The Labute approximate surface area is 65.7 Å². The molecular weight excluding hydrogens is 144 g/mol. The highest BCUT2D eigenvalue weighted by Crippen LogP contribution is 2.44. The zero-order valence-corrected chi connectivity index (χ0v) is 6.58. The second kappa shape index (κ2) is 2.48. The van der Waals surface area contributed by atoms with Crippen LogP contribution in [0.1, 0.15) is 19.8 Å². The van der Waals surface area contributed by atoms with Crippen LogP contribution in [0.2, 0.25) is 0 Å². The second-order valence-electron chi connectivity index (χ2n) is 3.11. The van der Waals surface area contributed by atoms with Crippen LogP contribution in [0, 0.1) is 5.92 Å². The van der Waals surface area contributed by atoms with Crippen LogP contribution in [0.3, 0.4) is 0 Å². The van der Waals surface area contributed by atoms with E-state index in [4.69, 9.17) is 9.47 Å². The van der Waals surface area contributed by atoms with Gasteiger partial charge >= 0.3 is 5.97 Å². The van der Waals surface area contributed by atoms with Crippen LogP contribution in [0.15, 0.2) is 0 Å². The lowest BCUT2D eigenvalue weighted by Crippen LogP contribution is -2.14. The Morgan fingerprint density at radius 1 is 1.64 bits per heavy atom. The van der Waals surface area contributed by atoms with Gasteiger partial charge < -0.3 is 9.47 Å². The molecule has 2 fully saturated rings. The molecule has 1 aliphatic heterocycles. The minimum absolute atomic E-state index is 0.176. The molecule has 0 spiro atoms. The molecular formula is C8H12O3. The number of esters is 1. The Balaban J connectivity index is 1.76. The number of carbonyl (C=O) groups is 1. The summed E-state index contributed by atoms with van der Waals surface area (Å²) in [6.45, 7) is 2.27. The normalized spacial score (nSPS) is 35.0. The summed E-state index contributed by atoms with van der Waals surface area (Å²) in [4.78, 5) is 11.0. The smallest absolute Gasteiger partial charge is 0.338 e. The van der Waals surface area contributed by atoms with Gasteiger partial charge in [-0.15, -0.1) is 0 Å². The third kappa shape index (κ3) is 1.38. The van der Waals surface area contributed by atoms with Gasteiger partial charge in [0.05, 0.1) is 12.7 Å². The van der Waals surface area contributed by atoms with Crippen molar-refractivity contribution in [3.8, 4) is 0 Å². The van der Waals surface area contributed by atoms with E-state index >= 15 is 0 Å². The molecule has 62 valence electrons. The Kier molecular flexibility index (Phi) is 1.60. The van der Waals surface area contributed by atoms with Gasteiger partial charge in [-0.25, -0.2) is 4.79 Å². The lowest BCUT2D eigenvalue weighted by atomic mass is 10.2. The number of hydrogen-bond donors (Lipinski definition) is 0. The molecule has 0 N–H and O–H groups in total. The third-order valence-corrected chi connectivity index (χ3v) is 2.13. The van der Waals surface area contributed by atoms with Gasteiger partial charge in [0.25, 0.3) is 0 Å². The van der Waals surface area contributed by atoms with Crippen molar-refractivity contribution in [2.24, 2.45) is 5.92 Å². The Morgan fingerprint density at radius 3 is 2.91 bits per heavy atom. The van der Waals surface area contributed by atoms with Crippen molar-refractivity contribution in [2.75, 3.05) is 6.61 Å². The van der Waals surface area contributed by atoms with Gasteiger partial charge in [0, 0.05) is 0 Å². The van der Waals surface area contributed by atoms with Gasteiger partial charge in [0.15, 0.2) is 6.10 Å². The highest BCUT2D eigenvalue weighted by molar-refractivity contribution is 5.78. The van der Waals surface area contributed by atoms with Crippen molar-refractivity contribution in [1.82, 2.24) is 0 Å². The average Bonchev–Trinajstić information content (AvgIpc) is 2.83. The summed E-state index contributed by atoms with van der Waals surface area (Å²) in [6.07, 6.45) is 2.43. The van der Waals surface area contributed by atoms with E-state index in [9.17, 15) is 4.79 Å². The molecule has 3 heteroatoms. The fourth-order valence-corrected chi connectivity index (χ4v) is 1.32. The predicted molar refractivity (Wildman–Crippen MR) is 38.0 cm³/mol. The van der Waals surface area contributed by atoms with Gasteiger partial charge in [0.1, 0.15) is 0 Å². The molecule has 0 bridgehead atoms. The minimum Gasteiger partial charge on any atom is -0.464 e. The summed E-state index contributed by atoms with van der Waals surface area (Å²) in [5.74, 6) is 0.480. The lowest BCUT2D eigenvalue weighted by molar-refractivity contribution is -0.144. The van der Waals surface area contributed by atoms with Gasteiger partial charge in [-0.2, -0.15) is 0 Å². The summed E-state index contributed by atoms with van der Waals surface area (Å²) in [7, 11) is 0. The van der Waals surface area contributed by atoms with E-state index in [1.807, 2.05) is 6.92 Å². The molecule has 1 saturated carbocycles. The van der Waals surface area contributed by atoms with Crippen molar-refractivity contribution >= 4 is 5.97 Å². The maximum absolute atomic E-state index is 11.0. The molecule has 2 aliphatic rings. The molecule has 0 amide bonds. The van der Waals surface area contributed by atoms with Crippen LogP contribution >= 0.6 is 0 Å². The van der Waals surface area contributed by atoms with E-state index in [0.29, 0.717) is 12.5 Å². The fraction of sp³-hybridized carbons (Fsp3) is 0.875. The van der Waals surface area contributed by atoms with E-state index in [0.717, 1.165) is 0 Å². The van der Waals surface area contributed by atoms with Crippen LogP contribution in [0.4, 0.5) is 0 Å². The molecule has 1 heterocycles. The van der Waals surface area contributed by atoms with Crippen molar-refractivity contribution in [1.29, 1.82) is 0 Å². The first-order valence-electron chi connectivity index (χ1n) is 4.15. The molecule has 2 atom stereocenters.